The molecule has 0 bridgehead atoms. The van der Waals surface area contributed by atoms with Crippen molar-refractivity contribution >= 4 is 22.3 Å². The van der Waals surface area contributed by atoms with Gasteiger partial charge in [0.15, 0.2) is 0 Å². The van der Waals surface area contributed by atoms with E-state index in [1.807, 2.05) is 30.6 Å². The molecule has 3 heterocycles. The van der Waals surface area contributed by atoms with E-state index >= 15 is 0 Å². The first kappa shape index (κ1) is 15.6. The van der Waals surface area contributed by atoms with Crippen molar-refractivity contribution in [3.8, 4) is 11.1 Å². The Morgan fingerprint density at radius 2 is 1.85 bits per heavy atom. The SMILES string of the molecule is Cn1cc(-c2cc(N)ccc2N2CCC3(CC2)CC3)c2cc[nH]c2c1=O. The van der Waals surface area contributed by atoms with Gasteiger partial charge >= 0.3 is 0 Å². The second-order valence-electron chi connectivity index (χ2n) is 7.99. The van der Waals surface area contributed by atoms with Crippen LogP contribution < -0.4 is 16.2 Å². The van der Waals surface area contributed by atoms with Crippen molar-refractivity contribution < 1.29 is 0 Å². The Labute approximate surface area is 152 Å². The molecule has 1 aliphatic carbocycles. The molecule has 1 aromatic carbocycles. The minimum absolute atomic E-state index is 0.00662. The number of aromatic amines is 1. The highest BCUT2D eigenvalue weighted by Crippen LogP contribution is 2.54. The van der Waals surface area contributed by atoms with E-state index in [9.17, 15) is 4.79 Å². The average Bonchev–Trinajstić information content (AvgIpc) is 3.20. The monoisotopic (exact) mass is 348 g/mol. The topological polar surface area (TPSA) is 67.0 Å². The van der Waals surface area contributed by atoms with E-state index in [0.717, 1.165) is 35.3 Å². The number of aromatic nitrogens is 2. The van der Waals surface area contributed by atoms with Crippen LogP contribution in [-0.2, 0) is 7.05 Å². The highest BCUT2D eigenvalue weighted by molar-refractivity contribution is 5.98. The Hall–Kier alpha value is -2.69. The number of nitrogens with zero attached hydrogens (tertiary/aromatic N) is 2. The van der Waals surface area contributed by atoms with Crippen LogP contribution in [0.2, 0.25) is 0 Å². The van der Waals surface area contributed by atoms with Gasteiger partial charge in [0.1, 0.15) is 5.52 Å². The molecule has 3 N–H and O–H groups in total. The zero-order valence-electron chi connectivity index (χ0n) is 15.1. The molecule has 1 spiro atoms. The van der Waals surface area contributed by atoms with Gasteiger partial charge < -0.3 is 20.2 Å². The fourth-order valence-corrected chi connectivity index (χ4v) is 4.43. The summed E-state index contributed by atoms with van der Waals surface area (Å²) in [5.41, 5.74) is 11.6. The van der Waals surface area contributed by atoms with Gasteiger partial charge in [-0.05, 0) is 55.4 Å². The van der Waals surface area contributed by atoms with E-state index in [1.165, 1.54) is 31.4 Å². The van der Waals surface area contributed by atoms with E-state index in [4.69, 9.17) is 5.73 Å². The molecule has 134 valence electrons. The number of fused-ring (bicyclic) bond motifs is 1. The summed E-state index contributed by atoms with van der Waals surface area (Å²) in [5.74, 6) is 0. The summed E-state index contributed by atoms with van der Waals surface area (Å²) in [7, 11) is 1.80. The second kappa shape index (κ2) is 5.40. The molecule has 2 aliphatic rings. The molecule has 0 unspecified atom stereocenters. The van der Waals surface area contributed by atoms with Gasteiger partial charge in [-0.1, -0.05) is 0 Å². The maximum Gasteiger partial charge on any atom is 0.274 e. The van der Waals surface area contributed by atoms with Crippen molar-refractivity contribution in [1.82, 2.24) is 9.55 Å². The van der Waals surface area contributed by atoms with E-state index in [1.54, 1.807) is 11.6 Å². The molecular weight excluding hydrogens is 324 g/mol. The normalized spacial score (nSPS) is 18.6. The van der Waals surface area contributed by atoms with Gasteiger partial charge in [-0.15, -0.1) is 0 Å². The van der Waals surface area contributed by atoms with Crippen molar-refractivity contribution in [1.29, 1.82) is 0 Å². The minimum Gasteiger partial charge on any atom is -0.399 e. The van der Waals surface area contributed by atoms with Crippen molar-refractivity contribution in [3.05, 3.63) is 47.0 Å². The maximum atomic E-state index is 12.4. The zero-order chi connectivity index (χ0) is 17.9. The number of hydrogen-bond acceptors (Lipinski definition) is 3. The predicted octanol–water partition coefficient (Wildman–Crippen LogP) is 3.50. The van der Waals surface area contributed by atoms with Crippen molar-refractivity contribution in [2.45, 2.75) is 25.7 Å². The summed E-state index contributed by atoms with van der Waals surface area (Å²) in [6.45, 7) is 2.19. The smallest absolute Gasteiger partial charge is 0.274 e. The standard InChI is InChI=1S/C21H24N4O/c1-24-13-17(15-4-9-23-19(15)20(24)26)16-12-14(22)2-3-18(16)25-10-7-21(5-6-21)8-11-25/h2-4,9,12-13,23H,5-8,10-11,22H2,1H3. The first-order valence-corrected chi connectivity index (χ1v) is 9.38. The van der Waals surface area contributed by atoms with Gasteiger partial charge in [-0.2, -0.15) is 0 Å². The van der Waals surface area contributed by atoms with Gasteiger partial charge in [0.05, 0.1) is 0 Å². The number of aryl methyl sites for hydroxylation is 1. The molecule has 2 fully saturated rings. The van der Waals surface area contributed by atoms with Crippen LogP contribution in [0, 0.1) is 5.41 Å². The van der Waals surface area contributed by atoms with Crippen LogP contribution >= 0.6 is 0 Å². The van der Waals surface area contributed by atoms with Crippen LogP contribution in [0.15, 0.2) is 41.5 Å². The molecule has 0 atom stereocenters. The number of piperidine rings is 1. The molecule has 3 aromatic rings. The Balaban J connectivity index is 1.65. The van der Waals surface area contributed by atoms with Crippen LogP contribution in [0.1, 0.15) is 25.7 Å². The fraction of sp³-hybridized carbons (Fsp3) is 0.381. The van der Waals surface area contributed by atoms with Crippen LogP contribution in [0.4, 0.5) is 11.4 Å². The van der Waals surface area contributed by atoms with Crippen LogP contribution in [0.3, 0.4) is 0 Å². The number of nitrogen functional groups attached to an aromatic ring is 1. The van der Waals surface area contributed by atoms with Gasteiger partial charge in [-0.25, -0.2) is 0 Å². The molecule has 1 aliphatic heterocycles. The third-order valence-electron chi connectivity index (χ3n) is 6.33. The summed E-state index contributed by atoms with van der Waals surface area (Å²) in [5, 5.41) is 0.954. The first-order chi connectivity index (χ1) is 12.6. The summed E-state index contributed by atoms with van der Waals surface area (Å²) >= 11 is 0. The zero-order valence-corrected chi connectivity index (χ0v) is 15.1. The Morgan fingerprint density at radius 1 is 1.08 bits per heavy atom. The summed E-state index contributed by atoms with van der Waals surface area (Å²) in [6, 6.07) is 8.15. The summed E-state index contributed by atoms with van der Waals surface area (Å²) in [6.07, 6.45) is 9.14. The first-order valence-electron chi connectivity index (χ1n) is 9.38. The molecule has 26 heavy (non-hydrogen) atoms. The van der Waals surface area contributed by atoms with Crippen LogP contribution in [-0.4, -0.2) is 22.6 Å². The Morgan fingerprint density at radius 3 is 2.58 bits per heavy atom. The molecule has 2 aromatic heterocycles. The molecular formula is C21H24N4O. The van der Waals surface area contributed by atoms with Gasteiger partial charge in [0.2, 0.25) is 0 Å². The Bertz CT molecular complexity index is 1050. The lowest BCUT2D eigenvalue weighted by molar-refractivity contribution is 0.384. The quantitative estimate of drug-likeness (QED) is 0.697. The summed E-state index contributed by atoms with van der Waals surface area (Å²) in [4.78, 5) is 18.0. The molecule has 0 radical (unpaired) electrons. The van der Waals surface area contributed by atoms with E-state index in [2.05, 4.69) is 16.0 Å². The van der Waals surface area contributed by atoms with Crippen molar-refractivity contribution in [2.24, 2.45) is 12.5 Å². The molecule has 1 saturated heterocycles. The second-order valence-corrected chi connectivity index (χ2v) is 7.99. The highest BCUT2D eigenvalue weighted by atomic mass is 16.1. The number of pyridine rings is 1. The number of H-pyrrole nitrogens is 1. The largest absolute Gasteiger partial charge is 0.399 e. The number of nitrogens with one attached hydrogen (secondary N) is 1. The van der Waals surface area contributed by atoms with E-state index < -0.39 is 0 Å². The number of nitrogens with two attached hydrogens (primary N) is 1. The molecule has 5 rings (SSSR count). The van der Waals surface area contributed by atoms with Crippen LogP contribution in [0.25, 0.3) is 22.0 Å². The van der Waals surface area contributed by atoms with Gasteiger partial charge in [-0.3, -0.25) is 4.79 Å². The van der Waals surface area contributed by atoms with Crippen LogP contribution in [0.5, 0.6) is 0 Å². The number of anilines is 2. The lowest BCUT2D eigenvalue weighted by atomic mass is 9.92. The van der Waals surface area contributed by atoms with Gasteiger partial charge in [0.25, 0.3) is 5.56 Å². The lowest BCUT2D eigenvalue weighted by Gasteiger charge is -2.35. The Kier molecular flexibility index (Phi) is 3.23. The van der Waals surface area contributed by atoms with E-state index in [-0.39, 0.29) is 5.56 Å². The van der Waals surface area contributed by atoms with E-state index in [0.29, 0.717) is 10.9 Å². The number of hydrogen-bond donors (Lipinski definition) is 2. The number of benzene rings is 1. The highest BCUT2D eigenvalue weighted by Gasteiger charge is 2.44. The maximum absolute atomic E-state index is 12.4. The van der Waals surface area contributed by atoms with Gasteiger partial charge in [0, 0.05) is 60.4 Å². The fourth-order valence-electron chi connectivity index (χ4n) is 4.43. The lowest BCUT2D eigenvalue weighted by Crippen LogP contribution is -2.34. The molecule has 0 amide bonds. The molecule has 5 heteroatoms. The predicted molar refractivity (Wildman–Crippen MR) is 107 cm³/mol. The average molecular weight is 348 g/mol. The summed E-state index contributed by atoms with van der Waals surface area (Å²) < 4.78 is 1.65. The third kappa shape index (κ3) is 2.34. The molecule has 1 saturated carbocycles. The van der Waals surface area contributed by atoms with Crippen molar-refractivity contribution in [3.63, 3.8) is 0 Å². The minimum atomic E-state index is -0.00662. The number of rotatable bonds is 2. The third-order valence-corrected chi connectivity index (χ3v) is 6.33. The molecule has 5 nitrogen and oxygen atoms in total. The van der Waals surface area contributed by atoms with Crippen molar-refractivity contribution in [2.75, 3.05) is 23.7 Å².